The molecule has 4 heteroatoms. The van der Waals surface area contributed by atoms with E-state index in [1.807, 2.05) is 37.3 Å². The largest absolute Gasteiger partial charge is 0.481 e. The molecular weight excluding hydrogens is 278 g/mol. The summed E-state index contributed by atoms with van der Waals surface area (Å²) < 4.78 is 0. The molecule has 0 aromatic heterocycles. The van der Waals surface area contributed by atoms with Crippen LogP contribution in [-0.2, 0) is 15.0 Å². The van der Waals surface area contributed by atoms with Crippen molar-refractivity contribution in [2.45, 2.75) is 44.4 Å². The Morgan fingerprint density at radius 1 is 1.09 bits per heavy atom. The van der Waals surface area contributed by atoms with Gasteiger partial charge in [-0.25, -0.2) is 0 Å². The van der Waals surface area contributed by atoms with E-state index in [1.54, 1.807) is 4.90 Å². The normalized spacial score (nSPS) is 27.0. The van der Waals surface area contributed by atoms with Crippen LogP contribution in [0.3, 0.4) is 0 Å². The lowest BCUT2D eigenvalue weighted by Crippen LogP contribution is -2.44. The predicted octanol–water partition coefficient (Wildman–Crippen LogP) is 2.82. The molecule has 118 valence electrons. The van der Waals surface area contributed by atoms with E-state index in [0.29, 0.717) is 19.5 Å². The zero-order chi connectivity index (χ0) is 15.8. The first-order valence-corrected chi connectivity index (χ1v) is 8.06. The highest BCUT2D eigenvalue weighted by Crippen LogP contribution is 2.42. The smallest absolute Gasteiger partial charge is 0.316 e. The van der Waals surface area contributed by atoms with E-state index >= 15 is 0 Å². The average Bonchev–Trinajstić information content (AvgIpc) is 3.15. The number of amides is 1. The topological polar surface area (TPSA) is 57.6 Å². The molecule has 0 spiro atoms. The molecule has 1 aliphatic heterocycles. The van der Waals surface area contributed by atoms with Crippen LogP contribution in [0, 0.1) is 5.41 Å². The number of hydrogen-bond acceptors (Lipinski definition) is 2. The van der Waals surface area contributed by atoms with Crippen LogP contribution in [0.5, 0.6) is 0 Å². The first kappa shape index (κ1) is 15.1. The molecule has 22 heavy (non-hydrogen) atoms. The maximum atomic E-state index is 12.8. The molecule has 2 fully saturated rings. The summed E-state index contributed by atoms with van der Waals surface area (Å²) in [5.74, 6) is -0.686. The molecule has 1 N–H and O–H groups in total. The van der Waals surface area contributed by atoms with Crippen molar-refractivity contribution in [3.05, 3.63) is 35.9 Å². The molecule has 2 aliphatic rings. The summed E-state index contributed by atoms with van der Waals surface area (Å²) in [5, 5.41) is 9.81. The van der Waals surface area contributed by atoms with Gasteiger partial charge in [0.15, 0.2) is 0 Å². The van der Waals surface area contributed by atoms with Crippen molar-refractivity contribution in [1.82, 2.24) is 4.90 Å². The Bertz CT molecular complexity index is 577. The number of hydrogen-bond donors (Lipinski definition) is 1. The third kappa shape index (κ3) is 2.31. The molecule has 1 saturated heterocycles. The van der Waals surface area contributed by atoms with E-state index in [0.717, 1.165) is 31.2 Å². The van der Waals surface area contributed by atoms with Crippen molar-refractivity contribution >= 4 is 11.9 Å². The molecule has 1 aliphatic carbocycles. The fraction of sp³-hybridized carbons (Fsp3) is 0.556. The van der Waals surface area contributed by atoms with E-state index in [-0.39, 0.29) is 11.3 Å². The van der Waals surface area contributed by atoms with Crippen LogP contribution in [0.25, 0.3) is 0 Å². The molecule has 1 unspecified atom stereocenters. The first-order valence-electron chi connectivity index (χ1n) is 8.06. The van der Waals surface area contributed by atoms with Crippen molar-refractivity contribution in [2.24, 2.45) is 5.41 Å². The van der Waals surface area contributed by atoms with Gasteiger partial charge >= 0.3 is 5.97 Å². The number of rotatable bonds is 3. The van der Waals surface area contributed by atoms with E-state index in [2.05, 4.69) is 0 Å². The zero-order valence-electron chi connectivity index (χ0n) is 13.0. The number of benzene rings is 1. The number of carboxylic acid groups (broad SMARTS) is 1. The lowest BCUT2D eigenvalue weighted by molar-refractivity contribution is -0.144. The van der Waals surface area contributed by atoms with Gasteiger partial charge in [-0.15, -0.1) is 0 Å². The maximum absolute atomic E-state index is 12.8. The second-order valence-electron chi connectivity index (χ2n) is 7.00. The molecule has 1 atom stereocenters. The van der Waals surface area contributed by atoms with E-state index < -0.39 is 11.4 Å². The summed E-state index contributed by atoms with van der Waals surface area (Å²) in [6, 6.07) is 9.33. The van der Waals surface area contributed by atoms with Gasteiger partial charge in [0.05, 0.1) is 0 Å². The van der Waals surface area contributed by atoms with Crippen LogP contribution in [0.4, 0.5) is 0 Å². The summed E-state index contributed by atoms with van der Waals surface area (Å²) in [6.45, 7) is 2.86. The second-order valence-corrected chi connectivity index (χ2v) is 7.00. The summed E-state index contributed by atoms with van der Waals surface area (Å²) in [7, 11) is 0. The summed E-state index contributed by atoms with van der Waals surface area (Å²) in [6.07, 6.45) is 4.54. The van der Waals surface area contributed by atoms with E-state index in [9.17, 15) is 14.7 Å². The molecule has 3 rings (SSSR count). The molecule has 1 aromatic carbocycles. The quantitative estimate of drug-likeness (QED) is 0.934. The minimum atomic E-state index is -0.952. The molecule has 4 nitrogen and oxygen atoms in total. The van der Waals surface area contributed by atoms with Crippen LogP contribution in [0.15, 0.2) is 30.3 Å². The van der Waals surface area contributed by atoms with Crippen molar-refractivity contribution in [3.63, 3.8) is 0 Å². The minimum Gasteiger partial charge on any atom is -0.481 e. The third-order valence-electron chi connectivity index (χ3n) is 5.52. The predicted molar refractivity (Wildman–Crippen MR) is 83.5 cm³/mol. The molecule has 1 heterocycles. The van der Waals surface area contributed by atoms with Crippen LogP contribution < -0.4 is 0 Å². The van der Waals surface area contributed by atoms with Crippen LogP contribution in [0.1, 0.15) is 44.6 Å². The van der Waals surface area contributed by atoms with Crippen LogP contribution >= 0.6 is 0 Å². The van der Waals surface area contributed by atoms with E-state index in [4.69, 9.17) is 0 Å². The van der Waals surface area contributed by atoms with Gasteiger partial charge in [-0.1, -0.05) is 50.1 Å². The van der Waals surface area contributed by atoms with Gasteiger partial charge < -0.3 is 10.0 Å². The molecular formula is C18H23NO3. The SMILES string of the molecule is CC1(C(=O)N2CCC(C(=O)O)(c3ccccc3)C2)CCCC1. The average molecular weight is 301 g/mol. The van der Waals surface area contributed by atoms with Gasteiger partial charge in [0, 0.05) is 18.5 Å². The highest BCUT2D eigenvalue weighted by Gasteiger charge is 2.50. The Balaban J connectivity index is 1.85. The molecule has 0 radical (unpaired) electrons. The van der Waals surface area contributed by atoms with Gasteiger partial charge in [0.25, 0.3) is 0 Å². The minimum absolute atomic E-state index is 0.143. The molecule has 1 aromatic rings. The van der Waals surface area contributed by atoms with Gasteiger partial charge in [-0.2, -0.15) is 0 Å². The standard InChI is InChI=1S/C18H23NO3/c1-17(9-5-6-10-17)15(20)19-12-11-18(13-19,16(21)22)14-7-3-2-4-8-14/h2-4,7-8H,5-6,9-13H2,1H3,(H,21,22). The number of likely N-dealkylation sites (tertiary alicyclic amines) is 1. The maximum Gasteiger partial charge on any atom is 0.316 e. The Labute approximate surface area is 131 Å². The second kappa shape index (κ2) is 5.41. The fourth-order valence-corrected chi connectivity index (χ4v) is 4.02. The zero-order valence-corrected chi connectivity index (χ0v) is 13.0. The Morgan fingerprint density at radius 2 is 1.73 bits per heavy atom. The highest BCUT2D eigenvalue weighted by atomic mass is 16.4. The lowest BCUT2D eigenvalue weighted by atomic mass is 9.79. The summed E-state index contributed by atoms with van der Waals surface area (Å²) in [5.41, 5.74) is -0.439. The highest BCUT2D eigenvalue weighted by molar-refractivity contribution is 5.87. The van der Waals surface area contributed by atoms with Crippen molar-refractivity contribution in [1.29, 1.82) is 0 Å². The Kier molecular flexibility index (Phi) is 3.71. The summed E-state index contributed by atoms with van der Waals surface area (Å²) in [4.78, 5) is 26.6. The van der Waals surface area contributed by atoms with Gasteiger partial charge in [-0.3, -0.25) is 9.59 Å². The molecule has 0 bridgehead atoms. The Hall–Kier alpha value is -1.84. The first-order chi connectivity index (χ1) is 10.5. The number of nitrogens with zero attached hydrogens (tertiary/aromatic N) is 1. The number of carboxylic acids is 1. The van der Waals surface area contributed by atoms with Crippen LogP contribution in [-0.4, -0.2) is 35.0 Å². The van der Waals surface area contributed by atoms with Crippen LogP contribution in [0.2, 0.25) is 0 Å². The van der Waals surface area contributed by atoms with Gasteiger partial charge in [0.2, 0.25) is 5.91 Å². The Morgan fingerprint density at radius 3 is 2.32 bits per heavy atom. The van der Waals surface area contributed by atoms with Crippen molar-refractivity contribution in [3.8, 4) is 0 Å². The molecule has 1 saturated carbocycles. The monoisotopic (exact) mass is 301 g/mol. The van der Waals surface area contributed by atoms with Crippen molar-refractivity contribution in [2.75, 3.05) is 13.1 Å². The van der Waals surface area contributed by atoms with E-state index in [1.165, 1.54) is 0 Å². The fourth-order valence-electron chi connectivity index (χ4n) is 4.02. The van der Waals surface area contributed by atoms with Gasteiger partial charge in [0.1, 0.15) is 5.41 Å². The summed E-state index contributed by atoms with van der Waals surface area (Å²) >= 11 is 0. The third-order valence-corrected chi connectivity index (χ3v) is 5.52. The lowest BCUT2D eigenvalue weighted by Gasteiger charge is -2.30. The van der Waals surface area contributed by atoms with Gasteiger partial charge in [-0.05, 0) is 24.8 Å². The number of carbonyl (C=O) groups is 2. The number of carbonyl (C=O) groups excluding carboxylic acids is 1. The van der Waals surface area contributed by atoms with Crippen molar-refractivity contribution < 1.29 is 14.7 Å². The number of aliphatic carboxylic acids is 1. The molecule has 1 amide bonds.